The first-order valence-electron chi connectivity index (χ1n) is 7.93. The molecule has 7 heteroatoms. The summed E-state index contributed by atoms with van der Waals surface area (Å²) in [5, 5.41) is 0. The Labute approximate surface area is 143 Å². The van der Waals surface area contributed by atoms with Crippen LogP contribution in [0.2, 0.25) is 0 Å². The van der Waals surface area contributed by atoms with E-state index in [2.05, 4.69) is 26.6 Å². The van der Waals surface area contributed by atoms with Crippen LogP contribution >= 0.6 is 0 Å². The van der Waals surface area contributed by atoms with Crippen LogP contribution in [-0.2, 0) is 10.0 Å². The molecular weight excluding hydrogens is 324 g/mol. The number of nitrogens with zero attached hydrogens (tertiary/aromatic N) is 3. The zero-order chi connectivity index (χ0) is 17.2. The summed E-state index contributed by atoms with van der Waals surface area (Å²) in [7, 11) is -1.49. The Kier molecular flexibility index (Phi) is 4.73. The Hall–Kier alpha value is -2.12. The van der Waals surface area contributed by atoms with Crippen molar-refractivity contribution < 1.29 is 8.42 Å². The molecule has 0 atom stereocenters. The molecule has 1 aliphatic rings. The Bertz CT molecular complexity index is 801. The van der Waals surface area contributed by atoms with Crippen molar-refractivity contribution in [3.8, 4) is 0 Å². The van der Waals surface area contributed by atoms with E-state index in [-0.39, 0.29) is 4.90 Å². The van der Waals surface area contributed by atoms with Gasteiger partial charge in [0.2, 0.25) is 0 Å². The number of benzene rings is 1. The lowest BCUT2D eigenvalue weighted by Gasteiger charge is -2.34. The first-order valence-corrected chi connectivity index (χ1v) is 9.41. The van der Waals surface area contributed by atoms with Crippen LogP contribution in [0.4, 0.5) is 11.4 Å². The number of likely N-dealkylation sites (N-methyl/N-ethyl adjacent to an activating group) is 1. The van der Waals surface area contributed by atoms with E-state index in [9.17, 15) is 8.42 Å². The van der Waals surface area contributed by atoms with E-state index in [1.54, 1.807) is 12.3 Å². The molecule has 1 aromatic carbocycles. The number of aromatic nitrogens is 1. The zero-order valence-corrected chi connectivity index (χ0v) is 14.8. The molecule has 0 spiro atoms. The van der Waals surface area contributed by atoms with Gasteiger partial charge >= 0.3 is 0 Å². The number of piperazine rings is 1. The number of nitrogens with one attached hydrogen (secondary N) is 1. The third-order valence-electron chi connectivity index (χ3n) is 4.27. The fourth-order valence-electron chi connectivity index (χ4n) is 2.73. The second-order valence-electron chi connectivity index (χ2n) is 6.08. The molecule has 0 amide bonds. The van der Waals surface area contributed by atoms with E-state index >= 15 is 0 Å². The molecule has 0 radical (unpaired) electrons. The fraction of sp³-hybridized carbons (Fsp3) is 0.353. The van der Waals surface area contributed by atoms with E-state index in [1.165, 1.54) is 12.3 Å². The normalized spacial score (nSPS) is 16.2. The maximum absolute atomic E-state index is 12.4. The first-order chi connectivity index (χ1) is 11.5. The maximum atomic E-state index is 12.4. The van der Waals surface area contributed by atoms with Gasteiger partial charge in [-0.1, -0.05) is 0 Å². The van der Waals surface area contributed by atoms with Crippen LogP contribution in [0, 0.1) is 6.92 Å². The molecule has 128 valence electrons. The van der Waals surface area contributed by atoms with Crippen molar-refractivity contribution in [2.45, 2.75) is 11.8 Å². The lowest BCUT2D eigenvalue weighted by Crippen LogP contribution is -2.44. The van der Waals surface area contributed by atoms with Crippen LogP contribution in [-0.4, -0.2) is 51.5 Å². The van der Waals surface area contributed by atoms with Gasteiger partial charge in [-0.2, -0.15) is 0 Å². The number of hydrogen-bond acceptors (Lipinski definition) is 5. The molecule has 1 aliphatic heterocycles. The van der Waals surface area contributed by atoms with Gasteiger partial charge in [-0.15, -0.1) is 0 Å². The van der Waals surface area contributed by atoms with Crippen LogP contribution in [0.5, 0.6) is 0 Å². The third-order valence-corrected chi connectivity index (χ3v) is 5.62. The molecule has 1 N–H and O–H groups in total. The molecule has 2 aromatic rings. The molecule has 6 nitrogen and oxygen atoms in total. The minimum absolute atomic E-state index is 0.160. The van der Waals surface area contributed by atoms with Crippen LogP contribution in [0.25, 0.3) is 0 Å². The summed E-state index contributed by atoms with van der Waals surface area (Å²) in [6.07, 6.45) is 2.89. The fourth-order valence-corrected chi connectivity index (χ4v) is 3.83. The second kappa shape index (κ2) is 6.78. The van der Waals surface area contributed by atoms with Gasteiger partial charge in [-0.05, 0) is 49.9 Å². The lowest BCUT2D eigenvalue weighted by molar-refractivity contribution is 0.313. The molecule has 2 heterocycles. The largest absolute Gasteiger partial charge is 0.369 e. The minimum atomic E-state index is -3.61. The summed E-state index contributed by atoms with van der Waals surface area (Å²) in [6, 6.07) is 8.98. The predicted octanol–water partition coefficient (Wildman–Crippen LogP) is 1.94. The maximum Gasteiger partial charge on any atom is 0.263 e. The number of anilines is 2. The summed E-state index contributed by atoms with van der Waals surface area (Å²) in [4.78, 5) is 8.66. The van der Waals surface area contributed by atoms with Crippen molar-refractivity contribution in [3.63, 3.8) is 0 Å². The van der Waals surface area contributed by atoms with E-state index in [1.807, 2.05) is 25.1 Å². The molecule has 0 unspecified atom stereocenters. The Morgan fingerprint density at radius 2 is 1.88 bits per heavy atom. The third kappa shape index (κ3) is 3.68. The van der Waals surface area contributed by atoms with Gasteiger partial charge in [0.05, 0.1) is 5.69 Å². The highest BCUT2D eigenvalue weighted by molar-refractivity contribution is 7.92. The number of pyridine rings is 1. The lowest BCUT2D eigenvalue weighted by atomic mass is 10.1. The molecule has 1 aromatic heterocycles. The summed E-state index contributed by atoms with van der Waals surface area (Å²) >= 11 is 0. The van der Waals surface area contributed by atoms with E-state index in [4.69, 9.17) is 0 Å². The first kappa shape index (κ1) is 16.7. The van der Waals surface area contributed by atoms with Crippen LogP contribution < -0.4 is 9.62 Å². The van der Waals surface area contributed by atoms with Crippen molar-refractivity contribution in [3.05, 3.63) is 48.3 Å². The Morgan fingerprint density at radius 1 is 1.12 bits per heavy atom. The number of hydrogen-bond donors (Lipinski definition) is 1. The molecule has 0 saturated carbocycles. The Balaban J connectivity index is 1.78. The molecule has 0 bridgehead atoms. The topological polar surface area (TPSA) is 65.5 Å². The molecule has 1 saturated heterocycles. The number of sulfonamides is 1. The molecule has 0 aliphatic carbocycles. The van der Waals surface area contributed by atoms with Crippen molar-refractivity contribution in [2.24, 2.45) is 0 Å². The van der Waals surface area contributed by atoms with Gasteiger partial charge in [-0.3, -0.25) is 9.71 Å². The molecule has 3 rings (SSSR count). The van der Waals surface area contributed by atoms with Crippen molar-refractivity contribution in [1.29, 1.82) is 0 Å². The summed E-state index contributed by atoms with van der Waals surface area (Å²) in [5.41, 5.74) is 2.63. The summed E-state index contributed by atoms with van der Waals surface area (Å²) in [5.74, 6) is 0. The minimum Gasteiger partial charge on any atom is -0.369 e. The van der Waals surface area contributed by atoms with Gasteiger partial charge in [0.1, 0.15) is 4.90 Å². The summed E-state index contributed by atoms with van der Waals surface area (Å²) in [6.45, 7) is 5.96. The molecule has 24 heavy (non-hydrogen) atoms. The molecule has 1 fully saturated rings. The van der Waals surface area contributed by atoms with Crippen molar-refractivity contribution in [1.82, 2.24) is 9.88 Å². The van der Waals surface area contributed by atoms with Gasteiger partial charge in [0.25, 0.3) is 10.0 Å². The van der Waals surface area contributed by atoms with Gasteiger partial charge in [0.15, 0.2) is 0 Å². The van der Waals surface area contributed by atoms with E-state index < -0.39 is 10.0 Å². The van der Waals surface area contributed by atoms with Crippen LogP contribution in [0.1, 0.15) is 5.56 Å². The SMILES string of the molecule is Cc1cc(N2CCN(C)CC2)ccc1NS(=O)(=O)c1cccnc1. The Morgan fingerprint density at radius 3 is 2.50 bits per heavy atom. The van der Waals surface area contributed by atoms with E-state index in [0.29, 0.717) is 5.69 Å². The molecular formula is C17H22N4O2S. The van der Waals surface area contributed by atoms with Crippen molar-refractivity contribution >= 4 is 21.4 Å². The van der Waals surface area contributed by atoms with Gasteiger partial charge in [0, 0.05) is 44.3 Å². The zero-order valence-electron chi connectivity index (χ0n) is 13.9. The monoisotopic (exact) mass is 346 g/mol. The quantitative estimate of drug-likeness (QED) is 0.916. The second-order valence-corrected chi connectivity index (χ2v) is 7.77. The van der Waals surface area contributed by atoms with Gasteiger partial charge < -0.3 is 9.80 Å². The highest BCUT2D eigenvalue weighted by atomic mass is 32.2. The van der Waals surface area contributed by atoms with Gasteiger partial charge in [-0.25, -0.2) is 8.42 Å². The summed E-state index contributed by atoms with van der Waals surface area (Å²) < 4.78 is 27.5. The highest BCUT2D eigenvalue weighted by Gasteiger charge is 2.17. The predicted molar refractivity (Wildman–Crippen MR) is 95.9 cm³/mol. The average molecular weight is 346 g/mol. The number of rotatable bonds is 4. The standard InChI is InChI=1S/C17H22N4O2S/c1-14-12-15(21-10-8-20(2)9-11-21)5-6-17(14)19-24(22,23)16-4-3-7-18-13-16/h3-7,12-13,19H,8-11H2,1-2H3. The van der Waals surface area contributed by atoms with Crippen LogP contribution in [0.3, 0.4) is 0 Å². The number of aryl methyl sites for hydroxylation is 1. The van der Waals surface area contributed by atoms with Crippen molar-refractivity contribution in [2.75, 3.05) is 42.8 Å². The smallest absolute Gasteiger partial charge is 0.263 e. The highest BCUT2D eigenvalue weighted by Crippen LogP contribution is 2.25. The van der Waals surface area contributed by atoms with E-state index in [0.717, 1.165) is 37.4 Å². The van der Waals surface area contributed by atoms with Crippen LogP contribution in [0.15, 0.2) is 47.6 Å². The average Bonchev–Trinajstić information content (AvgIpc) is 2.58.